The Bertz CT molecular complexity index is 1100. The summed E-state index contributed by atoms with van der Waals surface area (Å²) in [5, 5.41) is 17.4. The Morgan fingerprint density at radius 1 is 1.19 bits per heavy atom. The summed E-state index contributed by atoms with van der Waals surface area (Å²) in [4.78, 5) is 15.2. The highest BCUT2D eigenvalue weighted by Gasteiger charge is 2.13. The van der Waals surface area contributed by atoms with Crippen LogP contribution in [0.1, 0.15) is 23.3 Å². The molecule has 130 valence electrons. The van der Waals surface area contributed by atoms with Gasteiger partial charge >= 0.3 is 0 Å². The van der Waals surface area contributed by atoms with Crippen molar-refractivity contribution in [3.05, 3.63) is 53.1 Å². The fourth-order valence-electron chi connectivity index (χ4n) is 2.43. The van der Waals surface area contributed by atoms with Gasteiger partial charge in [0.2, 0.25) is 0 Å². The topological polar surface area (TPSA) is 90.5 Å². The molecule has 0 fully saturated rings. The van der Waals surface area contributed by atoms with E-state index >= 15 is 0 Å². The molecule has 0 N–H and O–H groups in total. The van der Waals surface area contributed by atoms with Crippen molar-refractivity contribution in [1.29, 1.82) is 0 Å². The van der Waals surface area contributed by atoms with E-state index in [4.69, 9.17) is 4.84 Å². The van der Waals surface area contributed by atoms with Crippen LogP contribution in [0, 0.1) is 13.8 Å². The fraction of sp³-hybridized carbons (Fsp3) is 0.176. The van der Waals surface area contributed by atoms with Crippen LogP contribution in [-0.4, -0.2) is 35.5 Å². The zero-order chi connectivity index (χ0) is 18.1. The van der Waals surface area contributed by atoms with Crippen LogP contribution in [0.15, 0.2) is 41.8 Å². The number of oxime groups is 1. The molecule has 0 aliphatic rings. The average molecular weight is 365 g/mol. The number of rotatable bonds is 4. The normalized spacial score (nSPS) is 11.9. The molecule has 4 rings (SSSR count). The minimum Gasteiger partial charge on any atom is -0.335 e. The maximum atomic E-state index is 5.49. The second-order valence-corrected chi connectivity index (χ2v) is 6.63. The Balaban J connectivity index is 1.59. The van der Waals surface area contributed by atoms with Crippen LogP contribution in [0.3, 0.4) is 0 Å². The molecule has 0 aromatic carbocycles. The van der Waals surface area contributed by atoms with E-state index in [1.54, 1.807) is 40.4 Å². The van der Waals surface area contributed by atoms with Crippen molar-refractivity contribution < 1.29 is 4.84 Å². The van der Waals surface area contributed by atoms with E-state index in [0.717, 1.165) is 26.9 Å². The van der Waals surface area contributed by atoms with Gasteiger partial charge in [-0.25, -0.2) is 4.98 Å². The van der Waals surface area contributed by atoms with Crippen molar-refractivity contribution in [3.8, 4) is 16.5 Å². The third-order valence-corrected chi connectivity index (χ3v) is 5.02. The van der Waals surface area contributed by atoms with Gasteiger partial charge < -0.3 is 4.84 Å². The summed E-state index contributed by atoms with van der Waals surface area (Å²) in [6.07, 6.45) is 3.54. The molecule has 4 aromatic heterocycles. The molecular weight excluding hydrogens is 350 g/mol. The first kappa shape index (κ1) is 16.3. The number of nitrogens with zero attached hydrogens (tertiary/aromatic N) is 7. The van der Waals surface area contributed by atoms with Crippen LogP contribution in [-0.2, 0) is 0 Å². The van der Waals surface area contributed by atoms with Gasteiger partial charge in [0.1, 0.15) is 5.01 Å². The molecule has 4 heterocycles. The standard InChI is InChI=1S/C17H15N7OS/c1-10-16(26-17(19-10)13-5-4-8-18-9-13)11(2)23-25-15-7-6-14-21-20-12(3)24(14)22-15/h4-9H,1-3H3. The molecule has 0 aliphatic carbocycles. The first-order valence-electron chi connectivity index (χ1n) is 7.90. The molecule has 9 heteroatoms. The maximum Gasteiger partial charge on any atom is 0.266 e. The molecule has 0 bridgehead atoms. The second-order valence-electron chi connectivity index (χ2n) is 5.63. The molecule has 0 amide bonds. The Kier molecular flexibility index (Phi) is 4.13. The van der Waals surface area contributed by atoms with Crippen molar-refractivity contribution in [2.24, 2.45) is 5.16 Å². The number of fused-ring (bicyclic) bond motifs is 1. The molecule has 0 saturated heterocycles. The number of thiazole rings is 1. The van der Waals surface area contributed by atoms with Gasteiger partial charge in [-0.15, -0.1) is 26.6 Å². The first-order valence-corrected chi connectivity index (χ1v) is 8.72. The number of aromatic nitrogens is 6. The van der Waals surface area contributed by atoms with E-state index in [1.165, 1.54) is 0 Å². The first-order chi connectivity index (χ1) is 12.6. The molecule has 4 aromatic rings. The van der Waals surface area contributed by atoms with Crippen LogP contribution < -0.4 is 4.84 Å². The van der Waals surface area contributed by atoms with Crippen LogP contribution in [0.2, 0.25) is 0 Å². The summed E-state index contributed by atoms with van der Waals surface area (Å²) < 4.78 is 1.61. The fourth-order valence-corrected chi connectivity index (χ4v) is 3.42. The van der Waals surface area contributed by atoms with Crippen LogP contribution in [0.25, 0.3) is 16.2 Å². The van der Waals surface area contributed by atoms with Gasteiger partial charge in [0, 0.05) is 24.0 Å². The molecule has 0 spiro atoms. The van der Waals surface area contributed by atoms with Gasteiger partial charge in [-0.1, -0.05) is 5.16 Å². The molecule has 8 nitrogen and oxygen atoms in total. The van der Waals surface area contributed by atoms with Gasteiger partial charge in [-0.3, -0.25) is 4.98 Å². The van der Waals surface area contributed by atoms with E-state index in [9.17, 15) is 0 Å². The lowest BCUT2D eigenvalue weighted by Gasteiger charge is -2.01. The van der Waals surface area contributed by atoms with Gasteiger partial charge in [0.05, 0.1) is 16.3 Å². The van der Waals surface area contributed by atoms with E-state index in [-0.39, 0.29) is 0 Å². The average Bonchev–Trinajstić information content (AvgIpc) is 3.24. The van der Waals surface area contributed by atoms with Gasteiger partial charge in [-0.05, 0) is 39.0 Å². The monoisotopic (exact) mass is 365 g/mol. The lowest BCUT2D eigenvalue weighted by molar-refractivity contribution is 0.321. The largest absolute Gasteiger partial charge is 0.335 e. The highest BCUT2D eigenvalue weighted by molar-refractivity contribution is 7.17. The summed E-state index contributed by atoms with van der Waals surface area (Å²) in [7, 11) is 0. The summed E-state index contributed by atoms with van der Waals surface area (Å²) in [6, 6.07) is 7.37. The minimum absolute atomic E-state index is 0.370. The third kappa shape index (κ3) is 3.04. The molecule has 0 saturated carbocycles. The molecule has 0 radical (unpaired) electrons. The van der Waals surface area contributed by atoms with Crippen molar-refractivity contribution >= 4 is 22.7 Å². The van der Waals surface area contributed by atoms with Crippen molar-refractivity contribution in [2.75, 3.05) is 0 Å². The van der Waals surface area contributed by atoms with Crippen LogP contribution in [0.5, 0.6) is 5.88 Å². The van der Waals surface area contributed by atoms with Crippen LogP contribution >= 0.6 is 11.3 Å². The number of hydrogen-bond donors (Lipinski definition) is 0. The van der Waals surface area contributed by atoms with Crippen LogP contribution in [0.4, 0.5) is 0 Å². The van der Waals surface area contributed by atoms with Gasteiger partial charge in [-0.2, -0.15) is 4.52 Å². The summed E-state index contributed by atoms with van der Waals surface area (Å²) in [6.45, 7) is 5.66. The van der Waals surface area contributed by atoms with E-state index < -0.39 is 0 Å². The smallest absolute Gasteiger partial charge is 0.266 e. The number of pyridine rings is 1. The molecule has 0 unspecified atom stereocenters. The Hall–Kier alpha value is -3.20. The predicted molar refractivity (Wildman–Crippen MR) is 98.4 cm³/mol. The predicted octanol–water partition coefficient (Wildman–Crippen LogP) is 3.06. The maximum absolute atomic E-state index is 5.49. The molecule has 0 aliphatic heterocycles. The molecular formula is C17H15N7OS. The van der Waals surface area contributed by atoms with E-state index in [2.05, 4.69) is 30.4 Å². The lowest BCUT2D eigenvalue weighted by atomic mass is 10.3. The molecule has 0 atom stereocenters. The Morgan fingerprint density at radius 2 is 2.08 bits per heavy atom. The highest BCUT2D eigenvalue weighted by atomic mass is 32.1. The zero-order valence-corrected chi connectivity index (χ0v) is 15.2. The molecule has 26 heavy (non-hydrogen) atoms. The lowest BCUT2D eigenvalue weighted by Crippen LogP contribution is -2.01. The highest BCUT2D eigenvalue weighted by Crippen LogP contribution is 2.27. The second kappa shape index (κ2) is 6.60. The van der Waals surface area contributed by atoms with Crippen molar-refractivity contribution in [1.82, 2.24) is 29.8 Å². The van der Waals surface area contributed by atoms with Gasteiger partial charge in [0.15, 0.2) is 11.5 Å². The Labute approximate surface area is 153 Å². The van der Waals surface area contributed by atoms with E-state index in [0.29, 0.717) is 17.4 Å². The summed E-state index contributed by atoms with van der Waals surface area (Å²) in [5.74, 6) is 1.06. The SMILES string of the molecule is CC(=NOc1ccc2nnc(C)n2n1)c1sc(-c2cccnc2)nc1C. The zero-order valence-electron chi connectivity index (χ0n) is 14.4. The number of aryl methyl sites for hydroxylation is 2. The minimum atomic E-state index is 0.370. The summed E-state index contributed by atoms with van der Waals surface area (Å²) >= 11 is 1.55. The third-order valence-electron chi connectivity index (χ3n) is 3.70. The quantitative estimate of drug-likeness (QED) is 0.408. The van der Waals surface area contributed by atoms with Crippen molar-refractivity contribution in [3.63, 3.8) is 0 Å². The Morgan fingerprint density at radius 3 is 2.88 bits per heavy atom. The van der Waals surface area contributed by atoms with Crippen molar-refractivity contribution in [2.45, 2.75) is 20.8 Å². The van der Waals surface area contributed by atoms with E-state index in [1.807, 2.05) is 32.9 Å². The van der Waals surface area contributed by atoms with Gasteiger partial charge in [0.25, 0.3) is 5.88 Å². The summed E-state index contributed by atoms with van der Waals surface area (Å²) in [5.41, 5.74) is 3.28. The number of hydrogen-bond acceptors (Lipinski definition) is 8.